The van der Waals surface area contributed by atoms with Crippen LogP contribution >= 0.6 is 0 Å². The third kappa shape index (κ3) is 9.65. The average molecular weight is 344 g/mol. The van der Waals surface area contributed by atoms with E-state index in [1.165, 1.54) is 0 Å². The van der Waals surface area contributed by atoms with E-state index in [9.17, 15) is 9.59 Å². The van der Waals surface area contributed by atoms with Gasteiger partial charge in [0, 0.05) is 6.42 Å². The van der Waals surface area contributed by atoms with Gasteiger partial charge in [-0.25, -0.2) is 0 Å². The van der Waals surface area contributed by atoms with Crippen molar-refractivity contribution in [3.05, 3.63) is 0 Å². The van der Waals surface area contributed by atoms with Gasteiger partial charge in [-0.2, -0.15) is 0 Å². The highest BCUT2D eigenvalue weighted by Gasteiger charge is 2.29. The summed E-state index contributed by atoms with van der Waals surface area (Å²) in [5.41, 5.74) is 0. The molecule has 7 atom stereocenters. The number of hydrogen-bond donors (Lipinski definition) is 9. The second-order valence-electron chi connectivity index (χ2n) is 4.57. The maximum Gasteiger partial charge on any atom is 0.151 e. The Morgan fingerprint density at radius 1 is 0.652 bits per heavy atom. The fourth-order valence-corrected chi connectivity index (χ4v) is 1.22. The minimum absolute atomic E-state index is 0.0258. The van der Waals surface area contributed by atoms with Gasteiger partial charge < -0.3 is 55.5 Å². The largest absolute Gasteiger partial charge is 0.394 e. The minimum atomic E-state index is -1.79. The molecule has 0 fully saturated rings. The molecule has 0 aromatic rings. The Labute approximate surface area is 131 Å². The second kappa shape index (κ2) is 13.4. The quantitative estimate of drug-likeness (QED) is 0.170. The summed E-state index contributed by atoms with van der Waals surface area (Å²) in [5, 5.41) is 78.4. The lowest BCUT2D eigenvalue weighted by Crippen LogP contribution is -2.46. The highest BCUT2D eigenvalue weighted by molar-refractivity contribution is 5.56. The highest BCUT2D eigenvalue weighted by atomic mass is 16.4. The SMILES string of the molecule is O=CC[C@@H](O)[C@H](O)[C@H](O)CO.O=C[C@H](O)[C@@H](O)[C@H](O)[C@H](O)CO. The van der Waals surface area contributed by atoms with Crippen molar-refractivity contribution in [2.45, 2.75) is 49.1 Å². The minimum Gasteiger partial charge on any atom is -0.394 e. The molecule has 0 rings (SSSR count). The molecule has 0 spiro atoms. The predicted octanol–water partition coefficient (Wildman–Crippen LogP) is -5.73. The molecule has 0 heterocycles. The first-order chi connectivity index (χ1) is 10.7. The molecule has 0 saturated carbocycles. The summed E-state index contributed by atoms with van der Waals surface area (Å²) in [6, 6.07) is 0. The molecule has 0 unspecified atom stereocenters. The van der Waals surface area contributed by atoms with Crippen LogP contribution in [0.5, 0.6) is 0 Å². The maximum atomic E-state index is 9.90. The topological polar surface area (TPSA) is 216 Å². The molecular weight excluding hydrogens is 320 g/mol. The number of rotatable bonds is 10. The number of carbonyl (C=O) groups is 2. The van der Waals surface area contributed by atoms with E-state index < -0.39 is 55.9 Å². The van der Waals surface area contributed by atoms with Gasteiger partial charge in [0.1, 0.15) is 42.9 Å². The molecule has 0 aliphatic carbocycles. The Kier molecular flexibility index (Phi) is 14.1. The Balaban J connectivity index is 0. The highest BCUT2D eigenvalue weighted by Crippen LogP contribution is 2.03. The fraction of sp³-hybridized carbons (Fsp3) is 0.833. The first-order valence-corrected chi connectivity index (χ1v) is 6.54. The molecule has 0 aliphatic rings. The van der Waals surface area contributed by atoms with E-state index in [0.717, 1.165) is 0 Å². The van der Waals surface area contributed by atoms with Crippen LogP contribution in [0.25, 0.3) is 0 Å². The van der Waals surface area contributed by atoms with Crippen LogP contribution in [0.1, 0.15) is 6.42 Å². The summed E-state index contributed by atoms with van der Waals surface area (Å²) in [4.78, 5) is 19.7. The lowest BCUT2D eigenvalue weighted by Gasteiger charge is -2.22. The molecule has 0 amide bonds. The fourth-order valence-electron chi connectivity index (χ4n) is 1.22. The number of hydrogen-bond acceptors (Lipinski definition) is 11. The zero-order chi connectivity index (χ0) is 18.6. The van der Waals surface area contributed by atoms with Crippen LogP contribution < -0.4 is 0 Å². The third-order valence-electron chi connectivity index (χ3n) is 2.73. The van der Waals surface area contributed by atoms with Crippen LogP contribution in [0, 0.1) is 0 Å². The van der Waals surface area contributed by atoms with E-state index in [1.54, 1.807) is 0 Å². The van der Waals surface area contributed by atoms with Gasteiger partial charge in [-0.15, -0.1) is 0 Å². The van der Waals surface area contributed by atoms with Gasteiger partial charge in [-0.3, -0.25) is 0 Å². The molecule has 0 aliphatic heterocycles. The first kappa shape index (κ1) is 24.2. The first-order valence-electron chi connectivity index (χ1n) is 6.54. The van der Waals surface area contributed by atoms with Crippen molar-refractivity contribution in [3.63, 3.8) is 0 Å². The lowest BCUT2D eigenvalue weighted by atomic mass is 10.0. The number of aliphatic hydroxyl groups excluding tert-OH is 9. The van der Waals surface area contributed by atoms with Gasteiger partial charge in [-0.05, 0) is 0 Å². The molecule has 23 heavy (non-hydrogen) atoms. The van der Waals surface area contributed by atoms with Crippen molar-refractivity contribution >= 4 is 12.6 Å². The van der Waals surface area contributed by atoms with E-state index in [2.05, 4.69) is 0 Å². The number of aldehydes is 2. The molecule has 9 N–H and O–H groups in total. The number of carbonyl (C=O) groups excluding carboxylic acids is 2. The smallest absolute Gasteiger partial charge is 0.151 e. The zero-order valence-electron chi connectivity index (χ0n) is 12.2. The van der Waals surface area contributed by atoms with Gasteiger partial charge in [0.25, 0.3) is 0 Å². The average Bonchev–Trinajstić information content (AvgIpc) is 2.58. The molecule has 0 saturated heterocycles. The molecule has 0 radical (unpaired) electrons. The molecule has 0 aromatic heterocycles. The van der Waals surface area contributed by atoms with Gasteiger partial charge in [0.2, 0.25) is 0 Å². The second-order valence-corrected chi connectivity index (χ2v) is 4.57. The Hall–Kier alpha value is -1.02. The van der Waals surface area contributed by atoms with Gasteiger partial charge in [0.05, 0.1) is 19.3 Å². The summed E-state index contributed by atoms with van der Waals surface area (Å²) in [7, 11) is 0. The normalized spacial score (nSPS) is 20.0. The monoisotopic (exact) mass is 344 g/mol. The lowest BCUT2D eigenvalue weighted by molar-refractivity contribution is -0.136. The van der Waals surface area contributed by atoms with Crippen LogP contribution in [-0.2, 0) is 9.59 Å². The van der Waals surface area contributed by atoms with E-state index in [0.29, 0.717) is 6.29 Å². The van der Waals surface area contributed by atoms with Crippen molar-refractivity contribution in [2.24, 2.45) is 0 Å². The molecule has 11 nitrogen and oxygen atoms in total. The summed E-state index contributed by atoms with van der Waals surface area (Å²) < 4.78 is 0. The Morgan fingerprint density at radius 2 is 1.09 bits per heavy atom. The Morgan fingerprint density at radius 3 is 1.43 bits per heavy atom. The van der Waals surface area contributed by atoms with Crippen molar-refractivity contribution < 1.29 is 55.5 Å². The van der Waals surface area contributed by atoms with Crippen LogP contribution in [0.4, 0.5) is 0 Å². The Bertz CT molecular complexity index is 313. The van der Waals surface area contributed by atoms with Crippen molar-refractivity contribution in [1.29, 1.82) is 0 Å². The summed E-state index contributed by atoms with van der Waals surface area (Å²) >= 11 is 0. The van der Waals surface area contributed by atoms with E-state index in [-0.39, 0.29) is 12.7 Å². The molecule has 0 bridgehead atoms. The molecule has 0 aromatic carbocycles. The zero-order valence-corrected chi connectivity index (χ0v) is 12.2. The van der Waals surface area contributed by atoms with Crippen LogP contribution in [0.3, 0.4) is 0 Å². The van der Waals surface area contributed by atoms with Crippen molar-refractivity contribution in [3.8, 4) is 0 Å². The van der Waals surface area contributed by atoms with Gasteiger partial charge in [0.15, 0.2) is 6.29 Å². The maximum absolute atomic E-state index is 9.90. The predicted molar refractivity (Wildman–Crippen MR) is 73.0 cm³/mol. The number of aliphatic hydroxyl groups is 9. The summed E-state index contributed by atoms with van der Waals surface area (Å²) in [6.45, 7) is -1.40. The van der Waals surface area contributed by atoms with Crippen LogP contribution in [0.15, 0.2) is 0 Å². The third-order valence-corrected chi connectivity index (χ3v) is 2.73. The van der Waals surface area contributed by atoms with Gasteiger partial charge >= 0.3 is 0 Å². The van der Waals surface area contributed by atoms with Crippen molar-refractivity contribution in [2.75, 3.05) is 13.2 Å². The standard InChI is InChI=1S/C6H12O6.C6H12O5/c7-1-3(9)5(11)6(12)4(10)2-8;7-2-1-4(9)6(11)5(10)3-8/h1,3-6,8-12H,2H2;2,4-6,8-11H,1,3H2/t3-,4+,5+,6+;4-,5-,6+/m01/s1. The van der Waals surface area contributed by atoms with Crippen LogP contribution in [-0.4, -0.2) is 114 Å². The molecule has 138 valence electrons. The molecular formula is C12H24O11. The van der Waals surface area contributed by atoms with E-state index in [4.69, 9.17) is 46.0 Å². The van der Waals surface area contributed by atoms with Gasteiger partial charge in [-0.1, -0.05) is 0 Å². The molecule has 11 heteroatoms. The van der Waals surface area contributed by atoms with E-state index in [1.807, 2.05) is 0 Å². The summed E-state index contributed by atoms with van der Waals surface area (Å²) in [6.07, 6.45) is -10.8. The van der Waals surface area contributed by atoms with E-state index >= 15 is 0 Å². The van der Waals surface area contributed by atoms with Crippen molar-refractivity contribution in [1.82, 2.24) is 0 Å². The summed E-state index contributed by atoms with van der Waals surface area (Å²) in [5.74, 6) is 0. The van der Waals surface area contributed by atoms with Crippen LogP contribution in [0.2, 0.25) is 0 Å².